The van der Waals surface area contributed by atoms with Crippen molar-refractivity contribution in [2.24, 2.45) is 0 Å². The fourth-order valence-electron chi connectivity index (χ4n) is 3.26. The van der Waals surface area contributed by atoms with Crippen LogP contribution in [-0.2, 0) is 10.0 Å². The van der Waals surface area contributed by atoms with Gasteiger partial charge in [-0.15, -0.1) is 0 Å². The van der Waals surface area contributed by atoms with E-state index in [1.54, 1.807) is 12.1 Å². The quantitative estimate of drug-likeness (QED) is 0.778. The Balaban J connectivity index is 1.51. The van der Waals surface area contributed by atoms with Gasteiger partial charge in [0.25, 0.3) is 5.91 Å². The van der Waals surface area contributed by atoms with Gasteiger partial charge in [-0.2, -0.15) is 4.31 Å². The number of halogens is 1. The van der Waals surface area contributed by atoms with Gasteiger partial charge >= 0.3 is 0 Å². The fraction of sp³-hybridized carbons (Fsp3) is 0.350. The van der Waals surface area contributed by atoms with Gasteiger partial charge in [-0.25, -0.2) is 8.42 Å². The molecule has 1 fully saturated rings. The summed E-state index contributed by atoms with van der Waals surface area (Å²) in [6, 6.07) is 14.8. The lowest BCUT2D eigenvalue weighted by atomic mass is 10.1. The van der Waals surface area contributed by atoms with E-state index in [0.717, 1.165) is 11.3 Å². The Labute approximate surface area is 171 Å². The summed E-state index contributed by atoms with van der Waals surface area (Å²) in [4.78, 5) is 14.3. The third-order valence-corrected chi connectivity index (χ3v) is 7.05. The monoisotopic (exact) mass is 421 g/mol. The molecule has 1 aliphatic heterocycles. The average Bonchev–Trinajstić information content (AvgIpc) is 2.68. The lowest BCUT2D eigenvalue weighted by molar-refractivity contribution is 0.0955. The first kappa shape index (κ1) is 20.6. The first-order valence-electron chi connectivity index (χ1n) is 9.19. The molecule has 0 radical (unpaired) electrons. The number of anilines is 1. The molecule has 0 aliphatic carbocycles. The molecule has 8 heteroatoms. The van der Waals surface area contributed by atoms with Crippen LogP contribution < -0.4 is 10.2 Å². The van der Waals surface area contributed by atoms with Gasteiger partial charge in [-0.3, -0.25) is 4.79 Å². The number of carbonyl (C=O) groups is 1. The van der Waals surface area contributed by atoms with E-state index in [1.165, 1.54) is 4.31 Å². The molecule has 6 nitrogen and oxygen atoms in total. The number of carbonyl (C=O) groups excluding carboxylic acids is 1. The van der Waals surface area contributed by atoms with E-state index in [0.29, 0.717) is 36.8 Å². The van der Waals surface area contributed by atoms with E-state index in [4.69, 9.17) is 11.6 Å². The molecule has 1 heterocycles. The van der Waals surface area contributed by atoms with Crippen molar-refractivity contribution in [3.63, 3.8) is 0 Å². The number of amides is 1. The fourth-order valence-corrected chi connectivity index (χ4v) is 4.85. The second kappa shape index (κ2) is 8.94. The molecular formula is C20H24ClN3O3S. The van der Waals surface area contributed by atoms with Crippen molar-refractivity contribution in [1.82, 2.24) is 9.62 Å². The highest BCUT2D eigenvalue weighted by Gasteiger charge is 2.27. The molecule has 2 aromatic rings. The number of nitrogens with one attached hydrogen (secondary N) is 1. The minimum absolute atomic E-state index is 0.0836. The van der Waals surface area contributed by atoms with Crippen molar-refractivity contribution in [2.45, 2.75) is 6.92 Å². The Morgan fingerprint density at radius 1 is 1.04 bits per heavy atom. The molecule has 3 rings (SSSR count). The van der Waals surface area contributed by atoms with Crippen LogP contribution in [0.15, 0.2) is 48.5 Å². The highest BCUT2D eigenvalue weighted by atomic mass is 35.5. The van der Waals surface area contributed by atoms with Crippen molar-refractivity contribution in [2.75, 3.05) is 43.4 Å². The topological polar surface area (TPSA) is 69.7 Å². The van der Waals surface area contributed by atoms with Crippen LogP contribution in [0.25, 0.3) is 0 Å². The van der Waals surface area contributed by atoms with E-state index in [-0.39, 0.29) is 18.2 Å². The smallest absolute Gasteiger partial charge is 0.251 e. The van der Waals surface area contributed by atoms with Crippen LogP contribution in [0.1, 0.15) is 15.9 Å². The maximum atomic E-state index is 12.6. The highest BCUT2D eigenvalue weighted by molar-refractivity contribution is 7.89. The third-order valence-electron chi connectivity index (χ3n) is 4.86. The van der Waals surface area contributed by atoms with Gasteiger partial charge in [0, 0.05) is 38.3 Å². The number of aryl methyl sites for hydroxylation is 1. The van der Waals surface area contributed by atoms with E-state index in [2.05, 4.69) is 10.2 Å². The second-order valence-corrected chi connectivity index (χ2v) is 9.22. The molecule has 28 heavy (non-hydrogen) atoms. The maximum Gasteiger partial charge on any atom is 0.251 e. The SMILES string of the molecule is Cc1ccccc1C(=O)NCCS(=O)(=O)N1CCN(c2ccccc2Cl)CC1. The van der Waals surface area contributed by atoms with Crippen molar-refractivity contribution < 1.29 is 13.2 Å². The minimum atomic E-state index is -3.43. The maximum absolute atomic E-state index is 12.6. The number of piperazine rings is 1. The van der Waals surface area contributed by atoms with Crippen LogP contribution in [-0.4, -0.2) is 57.1 Å². The average molecular weight is 422 g/mol. The van der Waals surface area contributed by atoms with Crippen LogP contribution in [0.2, 0.25) is 5.02 Å². The predicted octanol–water partition coefficient (Wildman–Crippen LogP) is 2.53. The Bertz CT molecular complexity index is 941. The van der Waals surface area contributed by atoms with Gasteiger partial charge in [-0.05, 0) is 30.7 Å². The number of hydrogen-bond donors (Lipinski definition) is 1. The van der Waals surface area contributed by atoms with Gasteiger partial charge in [0.15, 0.2) is 0 Å². The van der Waals surface area contributed by atoms with E-state index < -0.39 is 10.0 Å². The van der Waals surface area contributed by atoms with Gasteiger partial charge < -0.3 is 10.2 Å². The molecule has 1 N–H and O–H groups in total. The first-order valence-corrected chi connectivity index (χ1v) is 11.2. The Morgan fingerprint density at radius 2 is 1.68 bits per heavy atom. The summed E-state index contributed by atoms with van der Waals surface area (Å²) < 4.78 is 26.7. The molecule has 0 atom stereocenters. The number of para-hydroxylation sites is 1. The third kappa shape index (κ3) is 4.84. The lowest BCUT2D eigenvalue weighted by Crippen LogP contribution is -2.50. The summed E-state index contributed by atoms with van der Waals surface area (Å²) in [7, 11) is -3.43. The summed E-state index contributed by atoms with van der Waals surface area (Å²) in [6.07, 6.45) is 0. The van der Waals surface area contributed by atoms with Crippen molar-refractivity contribution >= 4 is 33.2 Å². The van der Waals surface area contributed by atoms with E-state index >= 15 is 0 Å². The number of nitrogens with zero attached hydrogens (tertiary/aromatic N) is 2. The van der Waals surface area contributed by atoms with Crippen LogP contribution in [0, 0.1) is 6.92 Å². The van der Waals surface area contributed by atoms with Crippen molar-refractivity contribution in [3.8, 4) is 0 Å². The zero-order chi connectivity index (χ0) is 20.1. The summed E-state index contributed by atoms with van der Waals surface area (Å²) in [5, 5.41) is 3.37. The zero-order valence-electron chi connectivity index (χ0n) is 15.8. The molecule has 0 aromatic heterocycles. The van der Waals surface area contributed by atoms with Gasteiger partial charge in [0.1, 0.15) is 0 Å². The molecule has 150 valence electrons. The predicted molar refractivity (Wildman–Crippen MR) is 113 cm³/mol. The molecular weight excluding hydrogens is 398 g/mol. The molecule has 2 aromatic carbocycles. The van der Waals surface area contributed by atoms with Gasteiger partial charge in [-0.1, -0.05) is 41.9 Å². The number of sulfonamides is 1. The largest absolute Gasteiger partial charge is 0.368 e. The van der Waals surface area contributed by atoms with Crippen LogP contribution in [0.4, 0.5) is 5.69 Å². The molecule has 1 amide bonds. The Morgan fingerprint density at radius 3 is 2.36 bits per heavy atom. The van der Waals surface area contributed by atoms with Gasteiger partial charge in [0.2, 0.25) is 10.0 Å². The van der Waals surface area contributed by atoms with Crippen molar-refractivity contribution in [3.05, 3.63) is 64.7 Å². The molecule has 0 bridgehead atoms. The van der Waals surface area contributed by atoms with E-state index in [1.807, 2.05) is 43.3 Å². The van der Waals surface area contributed by atoms with Crippen LogP contribution in [0.5, 0.6) is 0 Å². The molecule has 1 saturated heterocycles. The highest BCUT2D eigenvalue weighted by Crippen LogP contribution is 2.26. The zero-order valence-corrected chi connectivity index (χ0v) is 17.3. The summed E-state index contributed by atoms with van der Waals surface area (Å²) >= 11 is 6.23. The molecule has 1 aliphatic rings. The summed E-state index contributed by atoms with van der Waals surface area (Å²) in [5.41, 5.74) is 2.35. The standard InChI is InChI=1S/C20H24ClN3O3S/c1-16-6-2-3-7-17(16)20(25)22-10-15-28(26,27)24-13-11-23(12-14-24)19-9-5-4-8-18(19)21/h2-9H,10-15H2,1H3,(H,22,25). The normalized spacial score (nSPS) is 15.4. The Kier molecular flexibility index (Phi) is 6.59. The molecule has 0 spiro atoms. The number of hydrogen-bond acceptors (Lipinski definition) is 4. The second-order valence-electron chi connectivity index (χ2n) is 6.72. The van der Waals surface area contributed by atoms with Crippen LogP contribution in [0.3, 0.4) is 0 Å². The van der Waals surface area contributed by atoms with Crippen molar-refractivity contribution in [1.29, 1.82) is 0 Å². The summed E-state index contributed by atoms with van der Waals surface area (Å²) in [5.74, 6) is -0.367. The number of benzene rings is 2. The molecule has 0 unspecified atom stereocenters. The lowest BCUT2D eigenvalue weighted by Gasteiger charge is -2.35. The van der Waals surface area contributed by atoms with Gasteiger partial charge in [0.05, 0.1) is 16.5 Å². The molecule has 0 saturated carbocycles. The minimum Gasteiger partial charge on any atom is -0.368 e. The first-order chi connectivity index (χ1) is 13.4. The Hall–Kier alpha value is -2.09. The van der Waals surface area contributed by atoms with Crippen LogP contribution >= 0.6 is 11.6 Å². The number of rotatable bonds is 6. The van der Waals surface area contributed by atoms with E-state index in [9.17, 15) is 13.2 Å². The summed E-state index contributed by atoms with van der Waals surface area (Å²) in [6.45, 7) is 3.90.